The van der Waals surface area contributed by atoms with Gasteiger partial charge in [0.15, 0.2) is 0 Å². The molecule has 0 radical (unpaired) electrons. The Balaban J connectivity index is 0. The minimum Gasteiger partial charge on any atom is -0.652 e. The third-order valence-electron chi connectivity index (χ3n) is 0. The standard InChI is InChI=1S/CH2O3.Ca/c2-1(3)4;/h(H2,2,3,4);/q;+2/p-2/i1+2;. The summed E-state index contributed by atoms with van der Waals surface area (Å²) in [4.78, 5) is 8.33. The average molecular weight is 102 g/mol. The van der Waals surface area contributed by atoms with E-state index >= 15 is 0 Å². The van der Waals surface area contributed by atoms with Crippen LogP contribution in [0.1, 0.15) is 0 Å². The molecular formula is CCaO3. The van der Waals surface area contributed by atoms with Gasteiger partial charge < -0.3 is 15.0 Å². The number of hydrogen-bond donors (Lipinski definition) is 0. The Morgan fingerprint density at radius 3 is 1.40 bits per heavy atom. The van der Waals surface area contributed by atoms with E-state index in [4.69, 9.17) is 15.0 Å². The van der Waals surface area contributed by atoms with Crippen molar-refractivity contribution in [1.29, 1.82) is 0 Å². The first-order valence-corrected chi connectivity index (χ1v) is 0.612. The van der Waals surface area contributed by atoms with Crippen LogP contribution >= 0.6 is 0 Å². The first-order valence-electron chi connectivity index (χ1n) is 0.612. The Bertz CT molecular complexity index is 29.9. The van der Waals surface area contributed by atoms with Crippen molar-refractivity contribution in [2.45, 2.75) is 0 Å². The Morgan fingerprint density at radius 2 is 1.40 bits per heavy atom. The molecule has 0 aliphatic heterocycles. The van der Waals surface area contributed by atoms with Gasteiger partial charge >= 0.3 is 37.7 Å². The van der Waals surface area contributed by atoms with E-state index < -0.39 is 6.16 Å². The zero-order valence-corrected chi connectivity index (χ0v) is 4.64. The van der Waals surface area contributed by atoms with Gasteiger partial charge in [-0.15, -0.1) is 0 Å². The summed E-state index contributed by atoms with van der Waals surface area (Å²) in [5.74, 6) is 0. The molecule has 0 saturated heterocycles. The zero-order valence-electron chi connectivity index (χ0n) is 2.43. The van der Waals surface area contributed by atoms with Crippen LogP contribution in [-0.2, 0) is 0 Å². The third kappa shape index (κ3) is 103. The van der Waals surface area contributed by atoms with Crippen molar-refractivity contribution >= 4 is 43.9 Å². The summed E-state index contributed by atoms with van der Waals surface area (Å²) in [6.07, 6.45) is -2.33. The summed E-state index contributed by atoms with van der Waals surface area (Å²) in [6, 6.07) is 0. The van der Waals surface area contributed by atoms with Gasteiger partial charge in [0.2, 0.25) is 0 Å². The Kier molecular flexibility index (Phi) is 8.25. The average Bonchev–Trinajstić information content (AvgIpc) is 0.811. The second kappa shape index (κ2) is 4.53. The van der Waals surface area contributed by atoms with E-state index in [0.717, 1.165) is 0 Å². The molecule has 0 rings (SSSR count). The van der Waals surface area contributed by atoms with Crippen molar-refractivity contribution in [2.24, 2.45) is 0 Å². The Labute approximate surface area is 58.6 Å². The summed E-state index contributed by atoms with van der Waals surface area (Å²) in [5.41, 5.74) is 0. The number of carbonyl (C=O) groups is 1. The van der Waals surface area contributed by atoms with Crippen molar-refractivity contribution in [2.75, 3.05) is 0 Å². The van der Waals surface area contributed by atoms with Crippen LogP contribution in [0, 0.1) is 0 Å². The van der Waals surface area contributed by atoms with Crippen molar-refractivity contribution in [3.63, 3.8) is 0 Å². The number of hydrogen-bond acceptors (Lipinski definition) is 3. The van der Waals surface area contributed by atoms with Crippen LogP contribution in [-0.4, -0.2) is 43.9 Å². The van der Waals surface area contributed by atoms with E-state index in [1.807, 2.05) is 0 Å². The molecule has 5 heavy (non-hydrogen) atoms. The fraction of sp³-hybridized carbons (Fsp3) is 0. The minimum atomic E-state index is -2.33. The van der Waals surface area contributed by atoms with Crippen LogP contribution in [0.15, 0.2) is 0 Å². The second-order valence-corrected chi connectivity index (χ2v) is 0.250. The summed E-state index contributed by atoms with van der Waals surface area (Å²) in [5, 5.41) is 16.7. The predicted octanol–water partition coefficient (Wildman–Crippen LogP) is -2.83. The number of rotatable bonds is 0. The third-order valence-corrected chi connectivity index (χ3v) is 0. The monoisotopic (exact) mass is 102 g/mol. The summed E-state index contributed by atoms with van der Waals surface area (Å²) < 4.78 is 0. The molecule has 0 unspecified atom stereocenters. The topological polar surface area (TPSA) is 63.2 Å². The second-order valence-electron chi connectivity index (χ2n) is 0.250. The number of carboxylic acid groups (broad SMARTS) is 2. The molecule has 0 heterocycles. The van der Waals surface area contributed by atoms with Crippen LogP contribution in [0.4, 0.5) is 4.79 Å². The molecule has 0 aromatic heterocycles. The summed E-state index contributed by atoms with van der Waals surface area (Å²) in [7, 11) is 0. The summed E-state index contributed by atoms with van der Waals surface area (Å²) >= 11 is 0. The van der Waals surface area contributed by atoms with Crippen molar-refractivity contribution in [1.82, 2.24) is 0 Å². The molecule has 3 nitrogen and oxygen atoms in total. The molecule has 0 fully saturated rings. The van der Waals surface area contributed by atoms with Crippen molar-refractivity contribution < 1.29 is 15.0 Å². The van der Waals surface area contributed by atoms with Gasteiger partial charge in [-0.2, -0.15) is 0 Å². The maximum atomic E-state index is 8.33. The van der Waals surface area contributed by atoms with Gasteiger partial charge in [-0.05, 0) is 6.16 Å². The van der Waals surface area contributed by atoms with Gasteiger partial charge in [0.25, 0.3) is 0 Å². The SMILES string of the molecule is O=[14C]([O-])[O-].[Ca+2]. The van der Waals surface area contributed by atoms with E-state index in [-0.39, 0.29) is 37.7 Å². The molecule has 0 bridgehead atoms. The number of carbonyl (C=O) groups excluding carboxylic acids is 1. The quantitative estimate of drug-likeness (QED) is 0.310. The van der Waals surface area contributed by atoms with Gasteiger partial charge in [-0.3, -0.25) is 0 Å². The molecule has 0 amide bonds. The minimum absolute atomic E-state index is 0. The molecular weight excluding hydrogens is 102 g/mol. The van der Waals surface area contributed by atoms with E-state index in [0.29, 0.717) is 0 Å². The molecule has 0 saturated carbocycles. The molecule has 0 aromatic rings. The molecule has 0 atom stereocenters. The fourth-order valence-corrected chi connectivity index (χ4v) is 0. The van der Waals surface area contributed by atoms with Gasteiger partial charge in [-0.1, -0.05) is 0 Å². The van der Waals surface area contributed by atoms with Crippen LogP contribution in [0.3, 0.4) is 0 Å². The maximum absolute atomic E-state index is 8.33. The summed E-state index contributed by atoms with van der Waals surface area (Å²) in [6.45, 7) is 0. The van der Waals surface area contributed by atoms with Crippen LogP contribution in [0.5, 0.6) is 0 Å². The largest absolute Gasteiger partial charge is 2.00 e. The van der Waals surface area contributed by atoms with E-state index in [9.17, 15) is 0 Å². The first-order chi connectivity index (χ1) is 1.73. The zero-order chi connectivity index (χ0) is 3.58. The fourth-order valence-electron chi connectivity index (χ4n) is 0. The van der Waals surface area contributed by atoms with Crippen LogP contribution in [0.25, 0.3) is 0 Å². The normalized spacial score (nSPS) is 4.80. The molecule has 24 valence electrons. The van der Waals surface area contributed by atoms with E-state index in [1.54, 1.807) is 0 Å². The molecule has 0 aliphatic rings. The van der Waals surface area contributed by atoms with Crippen LogP contribution in [0.2, 0.25) is 0 Å². The van der Waals surface area contributed by atoms with E-state index in [2.05, 4.69) is 0 Å². The van der Waals surface area contributed by atoms with Crippen LogP contribution < -0.4 is 10.2 Å². The Hall–Kier alpha value is 0.530. The van der Waals surface area contributed by atoms with Gasteiger partial charge in [0.1, 0.15) is 0 Å². The maximum Gasteiger partial charge on any atom is 2.00 e. The smallest absolute Gasteiger partial charge is 0.652 e. The van der Waals surface area contributed by atoms with Gasteiger partial charge in [0, 0.05) is 0 Å². The van der Waals surface area contributed by atoms with Gasteiger partial charge in [-0.25, -0.2) is 0 Å². The molecule has 0 aliphatic carbocycles. The molecule has 4 heteroatoms. The van der Waals surface area contributed by atoms with Crippen molar-refractivity contribution in [3.8, 4) is 0 Å². The van der Waals surface area contributed by atoms with Crippen molar-refractivity contribution in [3.05, 3.63) is 0 Å². The van der Waals surface area contributed by atoms with Gasteiger partial charge in [0.05, 0.1) is 0 Å². The molecule has 0 aromatic carbocycles. The predicted molar refractivity (Wildman–Crippen MR) is 11.1 cm³/mol. The molecule has 0 N–H and O–H groups in total. The molecule has 0 spiro atoms. The van der Waals surface area contributed by atoms with E-state index in [1.165, 1.54) is 0 Å². The first kappa shape index (κ1) is 9.11. The Morgan fingerprint density at radius 1 is 1.40 bits per heavy atom.